The highest BCUT2D eigenvalue weighted by atomic mass is 79.9. The van der Waals surface area contributed by atoms with Gasteiger partial charge in [0.05, 0.1) is 30.3 Å². The Hall–Kier alpha value is -3.57. The fourth-order valence-electron chi connectivity index (χ4n) is 6.45. The van der Waals surface area contributed by atoms with Crippen molar-refractivity contribution in [1.29, 1.82) is 0 Å². The van der Waals surface area contributed by atoms with Crippen molar-refractivity contribution >= 4 is 74.4 Å². The monoisotopic (exact) mass is 773 g/mol. The number of hydrogen-bond acceptors (Lipinski definition) is 8. The first-order valence-electron chi connectivity index (χ1n) is 16.2. The number of nitrogen functional groups attached to an aromatic ring is 1. The van der Waals surface area contributed by atoms with Gasteiger partial charge in [-0.05, 0) is 108 Å². The number of anilines is 1. The molecule has 2 N–H and O–H groups in total. The van der Waals surface area contributed by atoms with Crippen molar-refractivity contribution in [2.75, 3.05) is 32.6 Å². The van der Waals surface area contributed by atoms with E-state index in [2.05, 4.69) is 27.8 Å². The van der Waals surface area contributed by atoms with Gasteiger partial charge >= 0.3 is 11.9 Å². The second-order valence-corrected chi connectivity index (χ2v) is 13.3. The number of aromatic nitrogens is 1. The van der Waals surface area contributed by atoms with Crippen LogP contribution in [-0.4, -0.2) is 60.2 Å². The lowest BCUT2D eigenvalue weighted by molar-refractivity contribution is -0.143. The lowest BCUT2D eigenvalue weighted by Crippen LogP contribution is -2.36. The van der Waals surface area contributed by atoms with Crippen molar-refractivity contribution in [3.63, 3.8) is 0 Å². The number of ether oxygens (including phenoxy) is 3. The molecule has 1 aliphatic carbocycles. The topological polar surface area (TPSA) is 113 Å². The van der Waals surface area contributed by atoms with Gasteiger partial charge in [0.1, 0.15) is 19.0 Å². The van der Waals surface area contributed by atoms with Gasteiger partial charge in [-0.3, -0.25) is 19.1 Å². The Bertz CT molecular complexity index is 1800. The van der Waals surface area contributed by atoms with Crippen LogP contribution in [0.15, 0.2) is 59.1 Å². The summed E-state index contributed by atoms with van der Waals surface area (Å²) >= 11 is 9.54. The minimum atomic E-state index is -0.527. The van der Waals surface area contributed by atoms with Gasteiger partial charge in [0.25, 0.3) is 5.91 Å². The van der Waals surface area contributed by atoms with Crippen LogP contribution in [0.5, 0.6) is 5.75 Å². The van der Waals surface area contributed by atoms with E-state index in [1.54, 1.807) is 73.2 Å². The first kappa shape index (κ1) is 38.2. The molecule has 1 fully saturated rings. The summed E-state index contributed by atoms with van der Waals surface area (Å²) in [6.07, 6.45) is 6.01. The molecular formula is C37H42BrCl2N3O6. The van der Waals surface area contributed by atoms with E-state index in [0.717, 1.165) is 12.1 Å². The van der Waals surface area contributed by atoms with Gasteiger partial charge in [-0.25, -0.2) is 4.79 Å². The van der Waals surface area contributed by atoms with Gasteiger partial charge < -0.3 is 19.9 Å². The molecule has 5 rings (SSSR count). The fraction of sp³-hybridized carbons (Fsp3) is 0.378. The molecule has 1 aliphatic rings. The van der Waals surface area contributed by atoms with Crippen molar-refractivity contribution in [3.8, 4) is 5.75 Å². The zero-order chi connectivity index (χ0) is 34.4. The molecule has 3 aromatic carbocycles. The van der Waals surface area contributed by atoms with Gasteiger partial charge in [0.15, 0.2) is 0 Å². The minimum absolute atomic E-state index is 0. The third kappa shape index (κ3) is 8.97. The molecule has 12 heteroatoms. The zero-order valence-electron chi connectivity index (χ0n) is 27.9. The fourth-order valence-corrected chi connectivity index (χ4v) is 7.08. The van der Waals surface area contributed by atoms with Crippen LogP contribution in [0.3, 0.4) is 0 Å². The Balaban J connectivity index is 0.00000541. The lowest BCUT2D eigenvalue weighted by atomic mass is 9.93. The van der Waals surface area contributed by atoms with Gasteiger partial charge in [0.2, 0.25) is 0 Å². The highest BCUT2D eigenvalue weighted by Gasteiger charge is 2.24. The van der Waals surface area contributed by atoms with E-state index in [-0.39, 0.29) is 37.9 Å². The summed E-state index contributed by atoms with van der Waals surface area (Å²) in [6, 6.07) is 16.0. The maximum atomic E-state index is 13.6. The molecule has 0 radical (unpaired) electrons. The summed E-state index contributed by atoms with van der Waals surface area (Å²) in [6.45, 7) is 5.25. The Morgan fingerprint density at radius 3 is 2.35 bits per heavy atom. The standard InChI is InChI=1S/C37H41BrClN3O6.ClH/c1-4-41(28-8-6-5-7-9-28)22-26-18-25(19-32(38)35(26)40)37(45)48-17-16-47-34(43)21-30-23(2)42(33-15-14-29(46-3)20-31(30)33)36(44)24-10-12-27(39)13-11-24;/h10-15,18-20,28H,4-9,16-17,21-22,40H2,1-3H3;1H. The van der Waals surface area contributed by atoms with Crippen LogP contribution in [0, 0.1) is 6.92 Å². The van der Waals surface area contributed by atoms with E-state index in [1.807, 2.05) is 0 Å². The predicted octanol–water partition coefficient (Wildman–Crippen LogP) is 8.16. The van der Waals surface area contributed by atoms with Crippen LogP contribution in [0.25, 0.3) is 10.9 Å². The van der Waals surface area contributed by atoms with Crippen molar-refractivity contribution in [1.82, 2.24) is 9.47 Å². The molecule has 0 atom stereocenters. The minimum Gasteiger partial charge on any atom is -0.497 e. The first-order chi connectivity index (χ1) is 23.1. The van der Waals surface area contributed by atoms with Gasteiger partial charge in [-0.1, -0.05) is 37.8 Å². The largest absolute Gasteiger partial charge is 0.497 e. The molecule has 1 saturated carbocycles. The number of esters is 2. The molecule has 0 unspecified atom stereocenters. The Kier molecular flexibility index (Phi) is 13.6. The molecule has 0 aliphatic heterocycles. The zero-order valence-corrected chi connectivity index (χ0v) is 31.1. The number of hydrogen-bond donors (Lipinski definition) is 1. The van der Waals surface area contributed by atoms with Gasteiger partial charge in [-0.2, -0.15) is 0 Å². The van der Waals surface area contributed by atoms with E-state index in [4.69, 9.17) is 31.5 Å². The maximum Gasteiger partial charge on any atom is 0.338 e. The third-order valence-electron chi connectivity index (χ3n) is 9.06. The highest BCUT2D eigenvalue weighted by Crippen LogP contribution is 2.32. The Morgan fingerprint density at radius 1 is 0.980 bits per heavy atom. The summed E-state index contributed by atoms with van der Waals surface area (Å²) in [4.78, 5) is 42.0. The van der Waals surface area contributed by atoms with Crippen molar-refractivity contribution in [2.24, 2.45) is 0 Å². The SMILES string of the molecule is CCN(Cc1cc(C(=O)OCCOC(=O)Cc2c(C)n(C(=O)c3ccc(Cl)cc3)c3ccc(OC)cc23)cc(Br)c1N)C1CCCCC1.Cl. The molecular weight excluding hydrogens is 733 g/mol. The molecule has 0 saturated heterocycles. The summed E-state index contributed by atoms with van der Waals surface area (Å²) in [5, 5.41) is 1.23. The van der Waals surface area contributed by atoms with Crippen molar-refractivity contribution in [3.05, 3.63) is 92.0 Å². The Morgan fingerprint density at radius 2 is 1.67 bits per heavy atom. The van der Waals surface area contributed by atoms with Crippen molar-refractivity contribution in [2.45, 2.75) is 65.0 Å². The molecule has 1 aromatic heterocycles. The normalized spacial score (nSPS) is 13.3. The summed E-state index contributed by atoms with van der Waals surface area (Å²) in [5.41, 5.74) is 10.6. The lowest BCUT2D eigenvalue weighted by Gasteiger charge is -2.34. The van der Waals surface area contributed by atoms with Crippen molar-refractivity contribution < 1.29 is 28.6 Å². The quantitative estimate of drug-likeness (QED) is 0.0872. The van der Waals surface area contributed by atoms with Crippen LogP contribution in [0.1, 0.15) is 76.6 Å². The summed E-state index contributed by atoms with van der Waals surface area (Å²) < 4.78 is 18.6. The van der Waals surface area contributed by atoms with Crippen LogP contribution in [0.4, 0.5) is 5.69 Å². The Labute approximate surface area is 306 Å². The van der Waals surface area contributed by atoms with E-state index in [9.17, 15) is 14.4 Å². The number of carbonyl (C=O) groups is 3. The number of nitrogens with two attached hydrogens (primary N) is 1. The third-order valence-corrected chi connectivity index (χ3v) is 9.97. The average molecular weight is 776 g/mol. The predicted molar refractivity (Wildman–Crippen MR) is 198 cm³/mol. The number of methoxy groups -OCH3 is 1. The average Bonchev–Trinajstić information content (AvgIpc) is 3.36. The molecule has 9 nitrogen and oxygen atoms in total. The summed E-state index contributed by atoms with van der Waals surface area (Å²) in [7, 11) is 1.56. The molecule has 0 bridgehead atoms. The van der Waals surface area contributed by atoms with E-state index < -0.39 is 11.9 Å². The van der Waals surface area contributed by atoms with Gasteiger partial charge in [0, 0.05) is 38.7 Å². The maximum absolute atomic E-state index is 13.6. The number of fused-ring (bicyclic) bond motifs is 1. The summed E-state index contributed by atoms with van der Waals surface area (Å²) in [5.74, 6) is -0.705. The molecule has 0 spiro atoms. The van der Waals surface area contributed by atoms with Crippen LogP contribution in [0.2, 0.25) is 5.02 Å². The number of nitrogens with zero attached hydrogens (tertiary/aromatic N) is 2. The number of carbonyl (C=O) groups excluding carboxylic acids is 3. The second-order valence-electron chi connectivity index (χ2n) is 12.0. The molecule has 262 valence electrons. The number of halogens is 3. The smallest absolute Gasteiger partial charge is 0.338 e. The molecule has 0 amide bonds. The van der Waals surface area contributed by atoms with Crippen LogP contribution >= 0.6 is 39.9 Å². The van der Waals surface area contributed by atoms with E-state index in [0.29, 0.717) is 66.8 Å². The van der Waals surface area contributed by atoms with Gasteiger partial charge in [-0.15, -0.1) is 12.4 Å². The molecule has 1 heterocycles. The van der Waals surface area contributed by atoms with E-state index in [1.165, 1.54) is 32.1 Å². The number of rotatable bonds is 12. The highest BCUT2D eigenvalue weighted by molar-refractivity contribution is 9.10. The molecule has 49 heavy (non-hydrogen) atoms. The van der Waals surface area contributed by atoms with E-state index >= 15 is 0 Å². The second kappa shape index (κ2) is 17.4. The number of benzene rings is 3. The molecule has 4 aromatic rings. The first-order valence-corrected chi connectivity index (χ1v) is 17.4. The van der Waals surface area contributed by atoms with Crippen LogP contribution in [-0.2, 0) is 27.2 Å². The van der Waals surface area contributed by atoms with Crippen LogP contribution < -0.4 is 10.5 Å².